The molecule has 1 heterocycles. The normalized spacial score (nSPS) is 15.4. The molecule has 1 aliphatic rings. The van der Waals surface area contributed by atoms with E-state index in [1.807, 2.05) is 30.3 Å². The maximum absolute atomic E-state index is 13.7. The molecule has 0 aliphatic carbocycles. The first-order valence-electron chi connectivity index (χ1n) is 7.51. The second kappa shape index (κ2) is 6.37. The summed E-state index contributed by atoms with van der Waals surface area (Å²) in [6.45, 7) is 2.12. The van der Waals surface area contributed by atoms with Crippen molar-refractivity contribution in [3.05, 3.63) is 65.5 Å². The largest absolute Gasteiger partial charge is 0.497 e. The standard InChI is InChI=1S/C18H18FNO3S/c1-13-6-7-17(11-18(13)19)24(21,22)20-9-8-15(12-20)14-4-3-5-16(10-14)23-2/h3-8,10-11H,9,12H2,1-2H3. The summed E-state index contributed by atoms with van der Waals surface area (Å²) < 4.78 is 45.7. The number of sulfonamides is 1. The van der Waals surface area contributed by atoms with Gasteiger partial charge in [-0.15, -0.1) is 0 Å². The molecule has 0 amide bonds. The van der Waals surface area contributed by atoms with Crippen molar-refractivity contribution in [1.29, 1.82) is 0 Å². The Kier molecular flexibility index (Phi) is 4.43. The number of nitrogens with zero attached hydrogens (tertiary/aromatic N) is 1. The van der Waals surface area contributed by atoms with Gasteiger partial charge >= 0.3 is 0 Å². The van der Waals surface area contributed by atoms with E-state index in [0.717, 1.165) is 23.0 Å². The van der Waals surface area contributed by atoms with Crippen LogP contribution >= 0.6 is 0 Å². The summed E-state index contributed by atoms with van der Waals surface area (Å²) in [6, 6.07) is 11.5. The first-order valence-corrected chi connectivity index (χ1v) is 8.95. The Morgan fingerprint density at radius 3 is 2.67 bits per heavy atom. The summed E-state index contributed by atoms with van der Waals surface area (Å²) in [6.07, 6.45) is 1.87. The average molecular weight is 347 g/mol. The van der Waals surface area contributed by atoms with Gasteiger partial charge in [0, 0.05) is 13.1 Å². The van der Waals surface area contributed by atoms with Crippen molar-refractivity contribution in [2.24, 2.45) is 0 Å². The number of benzene rings is 2. The van der Waals surface area contributed by atoms with E-state index in [1.54, 1.807) is 14.0 Å². The molecule has 0 unspecified atom stereocenters. The predicted octanol–water partition coefficient (Wildman–Crippen LogP) is 3.23. The fraction of sp³-hybridized carbons (Fsp3) is 0.222. The van der Waals surface area contributed by atoms with Gasteiger partial charge in [0.1, 0.15) is 11.6 Å². The monoisotopic (exact) mass is 347 g/mol. The molecular weight excluding hydrogens is 329 g/mol. The van der Waals surface area contributed by atoms with Crippen LogP contribution in [0.5, 0.6) is 5.75 Å². The van der Waals surface area contributed by atoms with Crippen molar-refractivity contribution in [2.45, 2.75) is 11.8 Å². The molecule has 1 aliphatic heterocycles. The van der Waals surface area contributed by atoms with E-state index >= 15 is 0 Å². The predicted molar refractivity (Wildman–Crippen MR) is 90.9 cm³/mol. The van der Waals surface area contributed by atoms with Crippen molar-refractivity contribution >= 4 is 15.6 Å². The summed E-state index contributed by atoms with van der Waals surface area (Å²) in [7, 11) is -2.14. The van der Waals surface area contributed by atoms with Crippen LogP contribution in [0.3, 0.4) is 0 Å². The molecule has 0 saturated heterocycles. The molecule has 0 aromatic heterocycles. The van der Waals surface area contributed by atoms with E-state index in [4.69, 9.17) is 4.74 Å². The van der Waals surface area contributed by atoms with Crippen LogP contribution in [0.25, 0.3) is 5.57 Å². The van der Waals surface area contributed by atoms with Crippen molar-refractivity contribution in [3.63, 3.8) is 0 Å². The summed E-state index contributed by atoms with van der Waals surface area (Å²) in [5, 5.41) is 0. The summed E-state index contributed by atoms with van der Waals surface area (Å²) in [5.41, 5.74) is 2.25. The van der Waals surface area contributed by atoms with Crippen molar-refractivity contribution in [2.75, 3.05) is 20.2 Å². The van der Waals surface area contributed by atoms with E-state index in [2.05, 4.69) is 0 Å². The van der Waals surface area contributed by atoms with Crippen LogP contribution in [0.2, 0.25) is 0 Å². The van der Waals surface area contributed by atoms with Gasteiger partial charge in [0.25, 0.3) is 0 Å². The fourth-order valence-corrected chi connectivity index (χ4v) is 4.00. The van der Waals surface area contributed by atoms with Crippen LogP contribution in [0.1, 0.15) is 11.1 Å². The van der Waals surface area contributed by atoms with Crippen molar-refractivity contribution in [1.82, 2.24) is 4.31 Å². The molecule has 0 spiro atoms. The summed E-state index contributed by atoms with van der Waals surface area (Å²) in [4.78, 5) is -0.0223. The Bertz CT molecular complexity index is 906. The van der Waals surface area contributed by atoms with Gasteiger partial charge < -0.3 is 4.74 Å². The van der Waals surface area contributed by atoms with E-state index in [-0.39, 0.29) is 18.0 Å². The molecule has 0 radical (unpaired) electrons. The molecule has 0 N–H and O–H groups in total. The van der Waals surface area contributed by atoms with Crippen LogP contribution in [-0.4, -0.2) is 32.9 Å². The Labute approximate surface area is 141 Å². The highest BCUT2D eigenvalue weighted by atomic mass is 32.2. The van der Waals surface area contributed by atoms with E-state index in [1.165, 1.54) is 16.4 Å². The Morgan fingerprint density at radius 2 is 1.96 bits per heavy atom. The zero-order valence-electron chi connectivity index (χ0n) is 13.5. The Hall–Kier alpha value is -2.18. The first-order chi connectivity index (χ1) is 11.4. The van der Waals surface area contributed by atoms with Crippen LogP contribution in [0, 0.1) is 12.7 Å². The molecule has 0 atom stereocenters. The zero-order chi connectivity index (χ0) is 17.3. The molecule has 0 bridgehead atoms. The summed E-state index contributed by atoms with van der Waals surface area (Å²) >= 11 is 0. The molecule has 6 heteroatoms. The highest BCUT2D eigenvalue weighted by Crippen LogP contribution is 2.28. The zero-order valence-corrected chi connectivity index (χ0v) is 14.3. The topological polar surface area (TPSA) is 46.6 Å². The van der Waals surface area contributed by atoms with Gasteiger partial charge in [0.05, 0.1) is 12.0 Å². The molecule has 0 saturated carbocycles. The maximum Gasteiger partial charge on any atom is 0.243 e. The van der Waals surface area contributed by atoms with E-state index < -0.39 is 15.8 Å². The average Bonchev–Trinajstić information content (AvgIpc) is 3.08. The molecular formula is C18H18FNO3S. The molecule has 4 nitrogen and oxygen atoms in total. The van der Waals surface area contributed by atoms with Crippen LogP contribution in [0.4, 0.5) is 4.39 Å². The van der Waals surface area contributed by atoms with Gasteiger partial charge in [0.15, 0.2) is 0 Å². The lowest BCUT2D eigenvalue weighted by Gasteiger charge is -2.17. The smallest absolute Gasteiger partial charge is 0.243 e. The maximum atomic E-state index is 13.7. The van der Waals surface area contributed by atoms with E-state index in [9.17, 15) is 12.8 Å². The number of methoxy groups -OCH3 is 1. The van der Waals surface area contributed by atoms with Crippen molar-refractivity contribution in [3.8, 4) is 5.75 Å². The Morgan fingerprint density at radius 1 is 1.17 bits per heavy atom. The molecule has 0 fully saturated rings. The number of rotatable bonds is 4. The van der Waals surface area contributed by atoms with Gasteiger partial charge in [-0.05, 0) is 47.9 Å². The third kappa shape index (κ3) is 3.07. The van der Waals surface area contributed by atoms with Gasteiger partial charge in [-0.25, -0.2) is 12.8 Å². The molecule has 126 valence electrons. The fourth-order valence-electron chi connectivity index (χ4n) is 2.63. The second-order valence-corrected chi connectivity index (χ2v) is 7.61. The number of hydrogen-bond donors (Lipinski definition) is 0. The minimum atomic E-state index is -3.72. The van der Waals surface area contributed by atoms with Crippen LogP contribution < -0.4 is 4.74 Å². The number of ether oxygens (including phenoxy) is 1. The third-order valence-corrected chi connectivity index (χ3v) is 5.92. The first kappa shape index (κ1) is 16.7. The number of hydrogen-bond acceptors (Lipinski definition) is 3. The Balaban J connectivity index is 1.84. The molecule has 3 rings (SSSR count). The lowest BCUT2D eigenvalue weighted by molar-refractivity contribution is 0.414. The number of aryl methyl sites for hydroxylation is 1. The van der Waals surface area contributed by atoms with Crippen LogP contribution in [-0.2, 0) is 10.0 Å². The van der Waals surface area contributed by atoms with Gasteiger partial charge in [0.2, 0.25) is 10.0 Å². The lowest BCUT2D eigenvalue weighted by atomic mass is 10.1. The van der Waals surface area contributed by atoms with Crippen LogP contribution in [0.15, 0.2) is 53.4 Å². The summed E-state index contributed by atoms with van der Waals surface area (Å²) in [5.74, 6) is 0.201. The van der Waals surface area contributed by atoms with E-state index in [0.29, 0.717) is 5.56 Å². The molecule has 2 aromatic rings. The SMILES string of the molecule is COc1cccc(C2=CCN(S(=O)(=O)c3ccc(C)c(F)c3)C2)c1. The van der Waals surface area contributed by atoms with Gasteiger partial charge in [-0.3, -0.25) is 0 Å². The van der Waals surface area contributed by atoms with Crippen molar-refractivity contribution < 1.29 is 17.5 Å². The second-order valence-electron chi connectivity index (χ2n) is 5.67. The highest BCUT2D eigenvalue weighted by Gasteiger charge is 2.29. The highest BCUT2D eigenvalue weighted by molar-refractivity contribution is 7.89. The van der Waals surface area contributed by atoms with Gasteiger partial charge in [-0.1, -0.05) is 24.3 Å². The van der Waals surface area contributed by atoms with Gasteiger partial charge in [-0.2, -0.15) is 4.31 Å². The minimum absolute atomic E-state index is 0.0223. The molecule has 2 aromatic carbocycles. The third-order valence-electron chi connectivity index (χ3n) is 4.11. The molecule has 24 heavy (non-hydrogen) atoms. The number of halogens is 1. The lowest BCUT2D eigenvalue weighted by Crippen LogP contribution is -2.29. The quantitative estimate of drug-likeness (QED) is 0.853. The minimum Gasteiger partial charge on any atom is -0.497 e.